The quantitative estimate of drug-likeness (QED) is 0.276. The van der Waals surface area contributed by atoms with Gasteiger partial charge in [0.2, 0.25) is 0 Å². The molecule has 0 unspecified atom stereocenters. The molecule has 0 aliphatic rings. The number of ketones is 1. The van der Waals surface area contributed by atoms with Crippen LogP contribution in [0.2, 0.25) is 0 Å². The Morgan fingerprint density at radius 1 is 0.636 bits per heavy atom. The number of aromatic nitrogens is 2. The van der Waals surface area contributed by atoms with Gasteiger partial charge >= 0.3 is 0 Å². The number of rotatable bonds is 6. The molecular formula is C30H22N2O. The molecule has 0 aliphatic carbocycles. The lowest BCUT2D eigenvalue weighted by Crippen LogP contribution is -2.05. The first-order valence-electron chi connectivity index (χ1n) is 10.9. The minimum atomic E-state index is -0.0515. The second-order valence-electron chi connectivity index (χ2n) is 7.66. The highest BCUT2D eigenvalue weighted by molar-refractivity contribution is 6.14. The van der Waals surface area contributed by atoms with Crippen molar-refractivity contribution < 1.29 is 4.79 Å². The van der Waals surface area contributed by atoms with Gasteiger partial charge in [0.15, 0.2) is 5.78 Å². The van der Waals surface area contributed by atoms with E-state index in [0.29, 0.717) is 16.8 Å². The van der Waals surface area contributed by atoms with Crippen LogP contribution in [-0.2, 0) is 0 Å². The molecule has 0 saturated heterocycles. The summed E-state index contributed by atoms with van der Waals surface area (Å²) in [4.78, 5) is 13.8. The van der Waals surface area contributed by atoms with Crippen molar-refractivity contribution in [1.29, 1.82) is 0 Å². The van der Waals surface area contributed by atoms with Crippen LogP contribution in [0.5, 0.6) is 0 Å². The summed E-state index contributed by atoms with van der Waals surface area (Å²) >= 11 is 0. The zero-order chi connectivity index (χ0) is 22.5. The summed E-state index contributed by atoms with van der Waals surface area (Å²) in [6.07, 6.45) is 3.92. The van der Waals surface area contributed by atoms with Crippen molar-refractivity contribution in [3.8, 4) is 16.9 Å². The monoisotopic (exact) mass is 426 g/mol. The first kappa shape index (κ1) is 20.4. The van der Waals surface area contributed by atoms with Crippen LogP contribution in [0.1, 0.15) is 27.2 Å². The number of hydrogen-bond donors (Lipinski definition) is 0. The zero-order valence-electron chi connectivity index (χ0n) is 18.0. The largest absolute Gasteiger partial charge is 0.288 e. The van der Waals surface area contributed by atoms with Gasteiger partial charge in [0.05, 0.1) is 22.6 Å². The van der Waals surface area contributed by atoms with E-state index in [4.69, 9.17) is 5.10 Å². The molecule has 4 aromatic carbocycles. The first-order chi connectivity index (χ1) is 16.3. The van der Waals surface area contributed by atoms with Crippen LogP contribution in [0.15, 0.2) is 121 Å². The smallest absolute Gasteiger partial charge is 0.197 e. The number of para-hydroxylation sites is 1. The van der Waals surface area contributed by atoms with Crippen LogP contribution in [-0.4, -0.2) is 15.6 Å². The molecule has 0 bridgehead atoms. The van der Waals surface area contributed by atoms with Crippen LogP contribution in [0.25, 0.3) is 29.1 Å². The number of hydrogen-bond acceptors (Lipinski definition) is 2. The van der Waals surface area contributed by atoms with Gasteiger partial charge in [-0.15, -0.1) is 0 Å². The minimum Gasteiger partial charge on any atom is -0.288 e. The van der Waals surface area contributed by atoms with Gasteiger partial charge in [-0.05, 0) is 23.8 Å². The third-order valence-electron chi connectivity index (χ3n) is 5.46. The Bertz CT molecular complexity index is 1390. The van der Waals surface area contributed by atoms with E-state index in [1.807, 2.05) is 138 Å². The molecule has 0 atom stereocenters. The SMILES string of the molecule is O=C(c1ccccc1)c1c(/C=C/c2ccccc2)nn(-c2ccccc2)c1-c1ccccc1. The maximum atomic E-state index is 13.8. The van der Waals surface area contributed by atoms with Gasteiger partial charge in [-0.3, -0.25) is 4.79 Å². The van der Waals surface area contributed by atoms with Gasteiger partial charge in [0.25, 0.3) is 0 Å². The van der Waals surface area contributed by atoms with E-state index < -0.39 is 0 Å². The highest BCUT2D eigenvalue weighted by Gasteiger charge is 2.25. The zero-order valence-corrected chi connectivity index (χ0v) is 18.0. The minimum absolute atomic E-state index is 0.0515. The van der Waals surface area contributed by atoms with Crippen LogP contribution in [0.4, 0.5) is 0 Å². The van der Waals surface area contributed by atoms with Crippen LogP contribution in [0, 0.1) is 0 Å². The van der Waals surface area contributed by atoms with Crippen molar-refractivity contribution in [2.24, 2.45) is 0 Å². The Morgan fingerprint density at radius 2 is 1.18 bits per heavy atom. The summed E-state index contributed by atoms with van der Waals surface area (Å²) in [7, 11) is 0. The molecule has 0 amide bonds. The van der Waals surface area contributed by atoms with Crippen LogP contribution >= 0.6 is 0 Å². The van der Waals surface area contributed by atoms with Crippen molar-refractivity contribution in [1.82, 2.24) is 9.78 Å². The molecule has 0 saturated carbocycles. The topological polar surface area (TPSA) is 34.9 Å². The van der Waals surface area contributed by atoms with Gasteiger partial charge in [0.1, 0.15) is 0 Å². The highest BCUT2D eigenvalue weighted by atomic mass is 16.1. The summed E-state index contributed by atoms with van der Waals surface area (Å²) in [5, 5.41) is 4.93. The van der Waals surface area contributed by atoms with Crippen molar-refractivity contribution in [3.05, 3.63) is 144 Å². The van der Waals surface area contributed by atoms with E-state index in [1.54, 1.807) is 0 Å². The summed E-state index contributed by atoms with van der Waals surface area (Å²) < 4.78 is 1.87. The normalized spacial score (nSPS) is 11.0. The highest BCUT2D eigenvalue weighted by Crippen LogP contribution is 2.32. The maximum Gasteiger partial charge on any atom is 0.197 e. The summed E-state index contributed by atoms with van der Waals surface area (Å²) in [6, 6.07) is 39.3. The van der Waals surface area contributed by atoms with E-state index in [0.717, 1.165) is 22.5 Å². The molecule has 158 valence electrons. The molecular weight excluding hydrogens is 404 g/mol. The van der Waals surface area contributed by atoms with Crippen LogP contribution in [0.3, 0.4) is 0 Å². The molecule has 5 rings (SSSR count). The van der Waals surface area contributed by atoms with Crippen molar-refractivity contribution in [2.45, 2.75) is 0 Å². The Morgan fingerprint density at radius 3 is 1.82 bits per heavy atom. The molecule has 0 N–H and O–H groups in total. The summed E-state index contributed by atoms with van der Waals surface area (Å²) in [5.41, 5.74) is 5.52. The third-order valence-corrected chi connectivity index (χ3v) is 5.46. The average molecular weight is 427 g/mol. The predicted molar refractivity (Wildman–Crippen MR) is 134 cm³/mol. The molecule has 5 aromatic rings. The van der Waals surface area contributed by atoms with Gasteiger partial charge in [-0.1, -0.05) is 115 Å². The fourth-order valence-electron chi connectivity index (χ4n) is 3.87. The lowest BCUT2D eigenvalue weighted by atomic mass is 9.97. The van der Waals surface area contributed by atoms with E-state index in [9.17, 15) is 4.79 Å². The average Bonchev–Trinajstić information content (AvgIpc) is 3.29. The fraction of sp³-hybridized carbons (Fsp3) is 0. The lowest BCUT2D eigenvalue weighted by molar-refractivity contribution is 0.103. The Labute approximate surface area is 193 Å². The van der Waals surface area contributed by atoms with Gasteiger partial charge in [-0.25, -0.2) is 4.68 Å². The number of carbonyl (C=O) groups is 1. The number of nitrogens with zero attached hydrogens (tertiary/aromatic N) is 2. The molecule has 1 heterocycles. The maximum absolute atomic E-state index is 13.8. The van der Waals surface area contributed by atoms with E-state index in [2.05, 4.69) is 0 Å². The summed E-state index contributed by atoms with van der Waals surface area (Å²) in [6.45, 7) is 0. The van der Waals surface area contributed by atoms with Crippen LogP contribution < -0.4 is 0 Å². The van der Waals surface area contributed by atoms with Crippen molar-refractivity contribution in [3.63, 3.8) is 0 Å². The molecule has 1 aromatic heterocycles. The Kier molecular flexibility index (Phi) is 5.77. The molecule has 0 aliphatic heterocycles. The third kappa shape index (κ3) is 4.30. The molecule has 3 nitrogen and oxygen atoms in total. The standard InChI is InChI=1S/C30H22N2O/c33-30(25-17-9-3-10-18-25)28-27(22-21-23-13-5-1-6-14-23)31-32(26-19-11-4-12-20-26)29(28)24-15-7-2-8-16-24/h1-22H/b22-21+. The van der Waals surface area contributed by atoms with Gasteiger partial charge < -0.3 is 0 Å². The van der Waals surface area contributed by atoms with Gasteiger partial charge in [0, 0.05) is 11.1 Å². The first-order valence-corrected chi connectivity index (χ1v) is 10.9. The van der Waals surface area contributed by atoms with Crippen molar-refractivity contribution in [2.75, 3.05) is 0 Å². The number of carbonyl (C=O) groups excluding carboxylic acids is 1. The molecule has 0 radical (unpaired) electrons. The number of benzene rings is 4. The second-order valence-corrected chi connectivity index (χ2v) is 7.66. The molecule has 0 spiro atoms. The molecule has 0 fully saturated rings. The second kappa shape index (κ2) is 9.33. The fourth-order valence-corrected chi connectivity index (χ4v) is 3.87. The van der Waals surface area contributed by atoms with Crippen molar-refractivity contribution >= 4 is 17.9 Å². The lowest BCUT2D eigenvalue weighted by Gasteiger charge is -2.10. The Hall–Kier alpha value is -4.50. The summed E-state index contributed by atoms with van der Waals surface area (Å²) in [5.74, 6) is -0.0515. The van der Waals surface area contributed by atoms with E-state index in [1.165, 1.54) is 0 Å². The van der Waals surface area contributed by atoms with E-state index >= 15 is 0 Å². The predicted octanol–water partition coefficient (Wildman–Crippen LogP) is 6.94. The van der Waals surface area contributed by atoms with Gasteiger partial charge in [-0.2, -0.15) is 5.10 Å². The molecule has 33 heavy (non-hydrogen) atoms. The molecule has 3 heteroatoms. The van der Waals surface area contributed by atoms with E-state index in [-0.39, 0.29) is 5.78 Å². The Balaban J connectivity index is 1.77.